The molecule has 4 nitrogen and oxygen atoms in total. The lowest BCUT2D eigenvalue weighted by Gasteiger charge is -2.09. The monoisotopic (exact) mass is 205 g/mol. The van der Waals surface area contributed by atoms with Crippen molar-refractivity contribution in [2.45, 2.75) is 12.5 Å². The SMILES string of the molecule is O=C(O)CC(O)c1cccc2[nH]ccc12. The first-order valence-corrected chi connectivity index (χ1v) is 4.64. The molecule has 0 radical (unpaired) electrons. The van der Waals surface area contributed by atoms with Gasteiger partial charge in [-0.1, -0.05) is 12.1 Å². The third-order valence-electron chi connectivity index (χ3n) is 2.36. The van der Waals surface area contributed by atoms with Crippen LogP contribution in [-0.2, 0) is 4.79 Å². The molecule has 0 fully saturated rings. The molecule has 4 heteroatoms. The van der Waals surface area contributed by atoms with Crippen LogP contribution in [0.15, 0.2) is 30.5 Å². The van der Waals surface area contributed by atoms with E-state index >= 15 is 0 Å². The quantitative estimate of drug-likeness (QED) is 0.713. The van der Waals surface area contributed by atoms with Crippen molar-refractivity contribution in [2.24, 2.45) is 0 Å². The van der Waals surface area contributed by atoms with Gasteiger partial charge in [-0.3, -0.25) is 4.79 Å². The van der Waals surface area contributed by atoms with Gasteiger partial charge < -0.3 is 15.2 Å². The van der Waals surface area contributed by atoms with Crippen LogP contribution in [0.25, 0.3) is 10.9 Å². The smallest absolute Gasteiger partial charge is 0.306 e. The molecule has 0 aliphatic rings. The molecule has 15 heavy (non-hydrogen) atoms. The highest BCUT2D eigenvalue weighted by atomic mass is 16.4. The van der Waals surface area contributed by atoms with Gasteiger partial charge in [-0.25, -0.2) is 0 Å². The Hall–Kier alpha value is -1.81. The Morgan fingerprint density at radius 3 is 2.93 bits per heavy atom. The number of aliphatic carboxylic acids is 1. The molecule has 78 valence electrons. The number of carboxylic acids is 1. The molecule has 0 aliphatic carbocycles. The topological polar surface area (TPSA) is 73.3 Å². The molecular formula is C11H11NO3. The predicted octanol–water partition coefficient (Wildman–Crippen LogP) is 1.68. The lowest BCUT2D eigenvalue weighted by atomic mass is 10.0. The fourth-order valence-corrected chi connectivity index (χ4v) is 1.68. The van der Waals surface area contributed by atoms with E-state index in [1.807, 2.05) is 12.1 Å². The number of carboxylic acid groups (broad SMARTS) is 1. The molecule has 2 rings (SSSR count). The molecule has 1 aromatic carbocycles. The van der Waals surface area contributed by atoms with E-state index in [9.17, 15) is 9.90 Å². The van der Waals surface area contributed by atoms with Gasteiger partial charge in [0.2, 0.25) is 0 Å². The van der Waals surface area contributed by atoms with Gasteiger partial charge in [0, 0.05) is 17.1 Å². The summed E-state index contributed by atoms with van der Waals surface area (Å²) in [7, 11) is 0. The normalized spacial score (nSPS) is 12.9. The molecule has 0 saturated carbocycles. The van der Waals surface area contributed by atoms with Gasteiger partial charge in [0.25, 0.3) is 0 Å². The van der Waals surface area contributed by atoms with Gasteiger partial charge in [-0.05, 0) is 17.7 Å². The number of nitrogens with one attached hydrogen (secondary N) is 1. The van der Waals surface area contributed by atoms with Crippen molar-refractivity contribution in [2.75, 3.05) is 0 Å². The lowest BCUT2D eigenvalue weighted by Crippen LogP contribution is -2.05. The van der Waals surface area contributed by atoms with Crippen molar-refractivity contribution in [3.63, 3.8) is 0 Å². The summed E-state index contributed by atoms with van der Waals surface area (Å²) in [5.74, 6) is -1.00. The van der Waals surface area contributed by atoms with Gasteiger partial charge in [0.05, 0.1) is 12.5 Å². The van der Waals surface area contributed by atoms with Crippen LogP contribution in [0, 0.1) is 0 Å². The number of H-pyrrole nitrogens is 1. The lowest BCUT2D eigenvalue weighted by molar-refractivity contribution is -0.139. The van der Waals surface area contributed by atoms with E-state index < -0.39 is 12.1 Å². The number of fused-ring (bicyclic) bond motifs is 1. The fourth-order valence-electron chi connectivity index (χ4n) is 1.68. The zero-order valence-corrected chi connectivity index (χ0v) is 7.97. The standard InChI is InChI=1S/C11H11NO3/c13-10(6-11(14)15)8-2-1-3-9-7(8)4-5-12-9/h1-5,10,12-13H,6H2,(H,14,15). The highest BCUT2D eigenvalue weighted by molar-refractivity contribution is 5.83. The van der Waals surface area contributed by atoms with Crippen LogP contribution in [0.4, 0.5) is 0 Å². The van der Waals surface area contributed by atoms with Crippen molar-refractivity contribution >= 4 is 16.9 Å². The minimum atomic E-state index is -1.00. The minimum absolute atomic E-state index is 0.274. The summed E-state index contributed by atoms with van der Waals surface area (Å²) in [4.78, 5) is 13.5. The molecule has 0 saturated heterocycles. The van der Waals surface area contributed by atoms with Crippen molar-refractivity contribution in [1.29, 1.82) is 0 Å². The summed E-state index contributed by atoms with van der Waals surface area (Å²) in [6, 6.07) is 7.24. The van der Waals surface area contributed by atoms with Gasteiger partial charge in [-0.15, -0.1) is 0 Å². The molecule has 0 bridgehead atoms. The van der Waals surface area contributed by atoms with E-state index in [-0.39, 0.29) is 6.42 Å². The first kappa shape index (κ1) is 9.73. The number of hydrogen-bond acceptors (Lipinski definition) is 2. The van der Waals surface area contributed by atoms with Crippen LogP contribution >= 0.6 is 0 Å². The first-order chi connectivity index (χ1) is 7.18. The highest BCUT2D eigenvalue weighted by Crippen LogP contribution is 2.25. The molecule has 0 amide bonds. The van der Waals surface area contributed by atoms with Crippen LogP contribution in [0.1, 0.15) is 18.1 Å². The molecular weight excluding hydrogens is 194 g/mol. The summed E-state index contributed by atoms with van der Waals surface area (Å²) in [6.07, 6.45) is 0.536. The zero-order valence-electron chi connectivity index (χ0n) is 7.97. The number of hydrogen-bond donors (Lipinski definition) is 3. The van der Waals surface area contributed by atoms with E-state index in [0.29, 0.717) is 5.56 Å². The zero-order chi connectivity index (χ0) is 10.8. The Labute approximate surface area is 86.2 Å². The third kappa shape index (κ3) is 1.85. The minimum Gasteiger partial charge on any atom is -0.481 e. The van der Waals surface area contributed by atoms with Crippen molar-refractivity contribution in [1.82, 2.24) is 4.98 Å². The molecule has 2 aromatic rings. The summed E-state index contributed by atoms with van der Waals surface area (Å²) in [6.45, 7) is 0. The predicted molar refractivity (Wildman–Crippen MR) is 55.5 cm³/mol. The second-order valence-corrected chi connectivity index (χ2v) is 3.40. The number of rotatable bonds is 3. The van der Waals surface area contributed by atoms with Crippen LogP contribution in [0.3, 0.4) is 0 Å². The highest BCUT2D eigenvalue weighted by Gasteiger charge is 2.14. The van der Waals surface area contributed by atoms with Crippen LogP contribution in [0.5, 0.6) is 0 Å². The second-order valence-electron chi connectivity index (χ2n) is 3.40. The average molecular weight is 205 g/mol. The van der Waals surface area contributed by atoms with Crippen LogP contribution < -0.4 is 0 Å². The summed E-state index contributed by atoms with van der Waals surface area (Å²) in [5, 5.41) is 19.2. The molecule has 3 N–H and O–H groups in total. The fraction of sp³-hybridized carbons (Fsp3) is 0.182. The van der Waals surface area contributed by atoms with E-state index in [2.05, 4.69) is 4.98 Å². The maximum absolute atomic E-state index is 10.5. The van der Waals surface area contributed by atoms with Gasteiger partial charge in [-0.2, -0.15) is 0 Å². The van der Waals surface area contributed by atoms with E-state index in [1.165, 1.54) is 0 Å². The maximum atomic E-state index is 10.5. The number of aromatic nitrogens is 1. The van der Waals surface area contributed by atoms with E-state index in [1.54, 1.807) is 18.3 Å². The summed E-state index contributed by atoms with van der Waals surface area (Å²) < 4.78 is 0. The van der Waals surface area contributed by atoms with Gasteiger partial charge in [0.1, 0.15) is 0 Å². The number of carbonyl (C=O) groups is 1. The van der Waals surface area contributed by atoms with Gasteiger partial charge >= 0.3 is 5.97 Å². The number of benzene rings is 1. The van der Waals surface area contributed by atoms with Gasteiger partial charge in [0.15, 0.2) is 0 Å². The van der Waals surface area contributed by atoms with E-state index in [0.717, 1.165) is 10.9 Å². The van der Waals surface area contributed by atoms with Crippen molar-refractivity contribution in [3.8, 4) is 0 Å². The second kappa shape index (κ2) is 3.74. The molecule has 0 aliphatic heterocycles. The average Bonchev–Trinajstić information content (AvgIpc) is 2.63. The molecule has 0 spiro atoms. The Kier molecular flexibility index (Phi) is 2.43. The van der Waals surface area contributed by atoms with Crippen molar-refractivity contribution in [3.05, 3.63) is 36.0 Å². The number of aliphatic hydroxyl groups excluding tert-OH is 1. The first-order valence-electron chi connectivity index (χ1n) is 4.64. The molecule has 1 heterocycles. The Balaban J connectivity index is 2.42. The number of aliphatic hydroxyl groups is 1. The van der Waals surface area contributed by atoms with Crippen LogP contribution in [0.2, 0.25) is 0 Å². The van der Waals surface area contributed by atoms with E-state index in [4.69, 9.17) is 5.11 Å². The molecule has 1 atom stereocenters. The molecule has 1 unspecified atom stereocenters. The van der Waals surface area contributed by atoms with Crippen molar-refractivity contribution < 1.29 is 15.0 Å². The third-order valence-corrected chi connectivity index (χ3v) is 2.36. The molecule has 1 aromatic heterocycles. The Bertz CT molecular complexity index is 489. The number of aromatic amines is 1. The Morgan fingerprint density at radius 1 is 1.40 bits per heavy atom. The van der Waals surface area contributed by atoms with Crippen LogP contribution in [-0.4, -0.2) is 21.2 Å². The maximum Gasteiger partial charge on any atom is 0.306 e. The summed E-state index contributed by atoms with van der Waals surface area (Å²) >= 11 is 0. The largest absolute Gasteiger partial charge is 0.481 e. The Morgan fingerprint density at radius 2 is 2.20 bits per heavy atom. The summed E-state index contributed by atoms with van der Waals surface area (Å²) in [5.41, 5.74) is 1.55.